The van der Waals surface area contributed by atoms with Crippen molar-refractivity contribution in [2.24, 2.45) is 0 Å². The molecule has 1 saturated heterocycles. The third-order valence-electron chi connectivity index (χ3n) is 3.00. The molecular weight excluding hydrogens is 218 g/mol. The van der Waals surface area contributed by atoms with Crippen LogP contribution < -0.4 is 4.74 Å². The second-order valence-electron chi connectivity index (χ2n) is 4.40. The Bertz CT molecular complexity index is 417. The number of carbonyl (C=O) groups is 1. The van der Waals surface area contributed by atoms with Crippen LogP contribution in [0.25, 0.3) is 0 Å². The summed E-state index contributed by atoms with van der Waals surface area (Å²) in [6.07, 6.45) is -0.196. The van der Waals surface area contributed by atoms with Crippen molar-refractivity contribution in [1.82, 2.24) is 4.90 Å². The van der Waals surface area contributed by atoms with E-state index >= 15 is 0 Å². The molecule has 1 aromatic rings. The molecule has 2 unspecified atom stereocenters. The van der Waals surface area contributed by atoms with Crippen LogP contribution in [0.5, 0.6) is 5.75 Å². The normalized spacial score (nSPS) is 21.7. The SMILES string of the molecule is CC(O)c1cccc(OC2CCN(C)C2=O)c1. The summed E-state index contributed by atoms with van der Waals surface area (Å²) in [5.41, 5.74) is 0.793. The highest BCUT2D eigenvalue weighted by atomic mass is 16.5. The number of benzene rings is 1. The predicted molar refractivity (Wildman–Crippen MR) is 63.7 cm³/mol. The minimum atomic E-state index is -0.527. The summed E-state index contributed by atoms with van der Waals surface area (Å²) in [4.78, 5) is 13.3. The predicted octanol–water partition coefficient (Wildman–Crippen LogP) is 1.35. The van der Waals surface area contributed by atoms with Crippen molar-refractivity contribution in [3.8, 4) is 5.75 Å². The summed E-state index contributed by atoms with van der Waals surface area (Å²) < 4.78 is 5.65. The van der Waals surface area contributed by atoms with Crippen molar-refractivity contribution in [3.63, 3.8) is 0 Å². The van der Waals surface area contributed by atoms with Crippen LogP contribution in [-0.2, 0) is 4.79 Å². The van der Waals surface area contributed by atoms with Gasteiger partial charge in [-0.2, -0.15) is 0 Å². The molecule has 1 fully saturated rings. The summed E-state index contributed by atoms with van der Waals surface area (Å²) in [6.45, 7) is 2.44. The van der Waals surface area contributed by atoms with Gasteiger partial charge in [-0.3, -0.25) is 4.79 Å². The number of likely N-dealkylation sites (tertiary alicyclic amines) is 1. The first-order valence-corrected chi connectivity index (χ1v) is 5.77. The fraction of sp³-hybridized carbons (Fsp3) is 0.462. The van der Waals surface area contributed by atoms with Gasteiger partial charge in [0.15, 0.2) is 6.10 Å². The van der Waals surface area contributed by atoms with E-state index in [9.17, 15) is 9.90 Å². The van der Waals surface area contributed by atoms with Gasteiger partial charge in [-0.15, -0.1) is 0 Å². The monoisotopic (exact) mass is 235 g/mol. The number of likely N-dealkylation sites (N-methyl/N-ethyl adjacent to an activating group) is 1. The highest BCUT2D eigenvalue weighted by molar-refractivity contribution is 5.83. The summed E-state index contributed by atoms with van der Waals surface area (Å²) in [5, 5.41) is 9.47. The molecule has 17 heavy (non-hydrogen) atoms. The van der Waals surface area contributed by atoms with E-state index in [0.29, 0.717) is 12.2 Å². The maximum atomic E-state index is 11.7. The largest absolute Gasteiger partial charge is 0.481 e. The number of carbonyl (C=O) groups excluding carboxylic acids is 1. The highest BCUT2D eigenvalue weighted by Crippen LogP contribution is 2.22. The summed E-state index contributed by atoms with van der Waals surface area (Å²) in [6, 6.07) is 7.23. The van der Waals surface area contributed by atoms with E-state index in [1.165, 1.54) is 0 Å². The van der Waals surface area contributed by atoms with Crippen molar-refractivity contribution < 1.29 is 14.6 Å². The van der Waals surface area contributed by atoms with Crippen molar-refractivity contribution >= 4 is 5.91 Å². The van der Waals surface area contributed by atoms with Crippen LogP contribution in [0.3, 0.4) is 0 Å². The van der Waals surface area contributed by atoms with Crippen molar-refractivity contribution in [2.75, 3.05) is 13.6 Å². The fourth-order valence-electron chi connectivity index (χ4n) is 1.91. The van der Waals surface area contributed by atoms with E-state index in [2.05, 4.69) is 0 Å². The molecular formula is C13H17NO3. The van der Waals surface area contributed by atoms with Gasteiger partial charge in [0.1, 0.15) is 5.75 Å². The van der Waals surface area contributed by atoms with Crippen molar-refractivity contribution in [1.29, 1.82) is 0 Å². The van der Waals surface area contributed by atoms with Crippen molar-refractivity contribution in [2.45, 2.75) is 25.6 Å². The lowest BCUT2D eigenvalue weighted by atomic mass is 10.1. The van der Waals surface area contributed by atoms with Crippen LogP contribution in [0.15, 0.2) is 24.3 Å². The standard InChI is InChI=1S/C13H17NO3/c1-9(15)10-4-3-5-11(8-10)17-12-6-7-14(2)13(12)16/h3-5,8-9,12,15H,6-7H2,1-2H3. The zero-order valence-electron chi connectivity index (χ0n) is 10.1. The Labute approximate surface area is 101 Å². The Hall–Kier alpha value is -1.55. The minimum Gasteiger partial charge on any atom is -0.481 e. The molecule has 1 N–H and O–H groups in total. The third-order valence-corrected chi connectivity index (χ3v) is 3.00. The molecule has 0 aliphatic carbocycles. The number of amides is 1. The lowest BCUT2D eigenvalue weighted by molar-refractivity contribution is -0.132. The molecule has 1 aromatic carbocycles. The fourth-order valence-corrected chi connectivity index (χ4v) is 1.91. The molecule has 2 atom stereocenters. The zero-order chi connectivity index (χ0) is 12.4. The number of aliphatic hydroxyl groups is 1. The molecule has 92 valence electrons. The third kappa shape index (κ3) is 2.58. The smallest absolute Gasteiger partial charge is 0.263 e. The number of aliphatic hydroxyl groups excluding tert-OH is 1. The lowest BCUT2D eigenvalue weighted by Gasteiger charge is -2.14. The van der Waals surface area contributed by atoms with E-state index in [0.717, 1.165) is 12.1 Å². The molecule has 1 heterocycles. The molecule has 1 aliphatic heterocycles. The van der Waals surface area contributed by atoms with E-state index in [1.54, 1.807) is 31.0 Å². The van der Waals surface area contributed by atoms with Gasteiger partial charge in [0.2, 0.25) is 0 Å². The average molecular weight is 235 g/mol. The minimum absolute atomic E-state index is 0.0208. The molecule has 4 heteroatoms. The molecule has 0 bridgehead atoms. The zero-order valence-corrected chi connectivity index (χ0v) is 10.1. The molecule has 1 aliphatic rings. The molecule has 1 amide bonds. The molecule has 0 aromatic heterocycles. The summed E-state index contributed by atoms with van der Waals surface area (Å²) >= 11 is 0. The van der Waals surface area contributed by atoms with Gasteiger partial charge in [-0.25, -0.2) is 0 Å². The summed E-state index contributed by atoms with van der Waals surface area (Å²) in [5.74, 6) is 0.657. The first-order valence-electron chi connectivity index (χ1n) is 5.77. The molecule has 0 radical (unpaired) electrons. The van der Waals surface area contributed by atoms with Crippen LogP contribution in [-0.4, -0.2) is 35.6 Å². The molecule has 2 rings (SSSR count). The van der Waals surface area contributed by atoms with E-state index in [-0.39, 0.29) is 12.0 Å². The van der Waals surface area contributed by atoms with Gasteiger partial charge in [-0.05, 0) is 24.6 Å². The van der Waals surface area contributed by atoms with Gasteiger partial charge in [0.25, 0.3) is 5.91 Å². The Morgan fingerprint density at radius 3 is 2.88 bits per heavy atom. The maximum Gasteiger partial charge on any atom is 0.263 e. The van der Waals surface area contributed by atoms with Gasteiger partial charge in [0.05, 0.1) is 6.10 Å². The topological polar surface area (TPSA) is 49.8 Å². The van der Waals surface area contributed by atoms with E-state index in [4.69, 9.17) is 4.74 Å². The first kappa shape index (κ1) is 11.9. The van der Waals surface area contributed by atoms with E-state index < -0.39 is 6.10 Å². The molecule has 4 nitrogen and oxygen atoms in total. The highest BCUT2D eigenvalue weighted by Gasteiger charge is 2.30. The summed E-state index contributed by atoms with van der Waals surface area (Å²) in [7, 11) is 1.78. The Morgan fingerprint density at radius 1 is 1.53 bits per heavy atom. The quantitative estimate of drug-likeness (QED) is 0.860. The van der Waals surface area contributed by atoms with Crippen LogP contribution >= 0.6 is 0 Å². The average Bonchev–Trinajstić information content (AvgIpc) is 2.61. The van der Waals surface area contributed by atoms with Gasteiger partial charge < -0.3 is 14.7 Å². The number of hydrogen-bond donors (Lipinski definition) is 1. The van der Waals surface area contributed by atoms with Crippen LogP contribution in [0, 0.1) is 0 Å². The molecule has 0 saturated carbocycles. The second-order valence-corrected chi connectivity index (χ2v) is 4.40. The van der Waals surface area contributed by atoms with Crippen molar-refractivity contribution in [3.05, 3.63) is 29.8 Å². The van der Waals surface area contributed by atoms with E-state index in [1.807, 2.05) is 12.1 Å². The Kier molecular flexibility index (Phi) is 3.33. The van der Waals surface area contributed by atoms with Gasteiger partial charge in [0, 0.05) is 20.0 Å². The Morgan fingerprint density at radius 2 is 2.29 bits per heavy atom. The molecule has 0 spiro atoms. The second kappa shape index (κ2) is 4.75. The maximum absolute atomic E-state index is 11.7. The van der Waals surface area contributed by atoms with Gasteiger partial charge >= 0.3 is 0 Å². The number of hydrogen-bond acceptors (Lipinski definition) is 3. The van der Waals surface area contributed by atoms with Crippen LogP contribution in [0.4, 0.5) is 0 Å². The van der Waals surface area contributed by atoms with Crippen LogP contribution in [0.1, 0.15) is 25.0 Å². The Balaban J connectivity index is 2.09. The lowest BCUT2D eigenvalue weighted by Crippen LogP contribution is -2.29. The number of ether oxygens (including phenoxy) is 1. The van der Waals surface area contributed by atoms with Crippen LogP contribution in [0.2, 0.25) is 0 Å². The number of nitrogens with zero attached hydrogens (tertiary/aromatic N) is 1. The number of rotatable bonds is 3. The van der Waals surface area contributed by atoms with Gasteiger partial charge in [-0.1, -0.05) is 12.1 Å². The first-order chi connectivity index (χ1) is 8.08.